The Labute approximate surface area is 96.7 Å². The number of aromatic nitrogens is 2. The van der Waals surface area contributed by atoms with Gasteiger partial charge in [0.25, 0.3) is 0 Å². The predicted molar refractivity (Wildman–Crippen MR) is 65.8 cm³/mol. The van der Waals surface area contributed by atoms with Gasteiger partial charge in [-0.15, -0.1) is 0 Å². The highest BCUT2D eigenvalue weighted by molar-refractivity contribution is 7.71. The van der Waals surface area contributed by atoms with E-state index in [4.69, 9.17) is 12.2 Å². The molecule has 2 nitrogen and oxygen atoms in total. The van der Waals surface area contributed by atoms with Gasteiger partial charge in [-0.1, -0.05) is 13.8 Å². The van der Waals surface area contributed by atoms with E-state index in [1.54, 1.807) is 0 Å². The third kappa shape index (κ3) is 1.78. The lowest BCUT2D eigenvalue weighted by Gasteiger charge is -2.29. The van der Waals surface area contributed by atoms with Crippen LogP contribution in [0.3, 0.4) is 0 Å². The van der Waals surface area contributed by atoms with E-state index < -0.39 is 0 Å². The van der Waals surface area contributed by atoms with Crippen molar-refractivity contribution in [1.82, 2.24) is 9.55 Å². The fourth-order valence-corrected chi connectivity index (χ4v) is 2.77. The number of nitrogens with one attached hydrogen (secondary N) is 1. The Kier molecular flexibility index (Phi) is 2.53. The number of rotatable bonds is 3. The Morgan fingerprint density at radius 3 is 2.53 bits per heavy atom. The van der Waals surface area contributed by atoms with Crippen molar-refractivity contribution in [2.24, 2.45) is 5.92 Å². The molecule has 1 N–H and O–H groups in total. The average molecular weight is 224 g/mol. The molecule has 0 amide bonds. The number of imidazole rings is 1. The molecule has 0 saturated heterocycles. The van der Waals surface area contributed by atoms with Gasteiger partial charge < -0.3 is 9.55 Å². The highest BCUT2D eigenvalue weighted by Crippen LogP contribution is 2.45. The molecule has 1 fully saturated rings. The summed E-state index contributed by atoms with van der Waals surface area (Å²) in [6, 6.07) is 0. The maximum atomic E-state index is 5.39. The molecule has 0 aliphatic heterocycles. The van der Waals surface area contributed by atoms with E-state index in [0.717, 1.165) is 10.7 Å². The highest BCUT2D eigenvalue weighted by atomic mass is 32.1. The van der Waals surface area contributed by atoms with E-state index in [0.29, 0.717) is 5.92 Å². The first kappa shape index (κ1) is 10.9. The highest BCUT2D eigenvalue weighted by Gasteiger charge is 2.40. The molecule has 15 heavy (non-hydrogen) atoms. The van der Waals surface area contributed by atoms with E-state index in [9.17, 15) is 0 Å². The zero-order chi connectivity index (χ0) is 11.2. The summed E-state index contributed by atoms with van der Waals surface area (Å²) in [5.74, 6) is 1.33. The van der Waals surface area contributed by atoms with Crippen LogP contribution < -0.4 is 0 Å². The van der Waals surface area contributed by atoms with Crippen molar-refractivity contribution in [3.05, 3.63) is 16.7 Å². The van der Waals surface area contributed by atoms with E-state index >= 15 is 0 Å². The third-order valence-corrected chi connectivity index (χ3v) is 3.85. The smallest absolute Gasteiger partial charge is 0.177 e. The van der Waals surface area contributed by atoms with Gasteiger partial charge >= 0.3 is 0 Å². The van der Waals surface area contributed by atoms with Crippen LogP contribution in [0.25, 0.3) is 0 Å². The summed E-state index contributed by atoms with van der Waals surface area (Å²) in [5.41, 5.74) is 1.51. The second-order valence-corrected chi connectivity index (χ2v) is 5.82. The number of hydrogen-bond donors (Lipinski definition) is 1. The standard InChI is InChI=1S/C12H20N2S/c1-8(2)10-7-13-11(15)14(10)12(3,4)9-5-6-9/h7-9H,5-6H2,1-4H3,(H,13,15). The average Bonchev–Trinajstić information content (AvgIpc) is 2.89. The Morgan fingerprint density at radius 1 is 1.47 bits per heavy atom. The lowest BCUT2D eigenvalue weighted by atomic mass is 9.97. The molecule has 1 saturated carbocycles. The first-order valence-electron chi connectivity index (χ1n) is 5.75. The summed E-state index contributed by atoms with van der Waals surface area (Å²) in [5, 5.41) is 0. The molecule has 0 unspecified atom stereocenters. The maximum absolute atomic E-state index is 5.39. The van der Waals surface area contributed by atoms with Crippen LogP contribution >= 0.6 is 12.2 Å². The fraction of sp³-hybridized carbons (Fsp3) is 0.750. The van der Waals surface area contributed by atoms with E-state index in [1.807, 2.05) is 0 Å². The monoisotopic (exact) mass is 224 g/mol. The molecule has 1 heterocycles. The van der Waals surface area contributed by atoms with Crippen LogP contribution in [-0.4, -0.2) is 9.55 Å². The lowest BCUT2D eigenvalue weighted by molar-refractivity contribution is 0.290. The molecule has 0 radical (unpaired) electrons. The Balaban J connectivity index is 2.50. The summed E-state index contributed by atoms with van der Waals surface area (Å²) < 4.78 is 3.20. The van der Waals surface area contributed by atoms with Gasteiger partial charge in [0.05, 0.1) is 0 Å². The van der Waals surface area contributed by atoms with Crippen molar-refractivity contribution in [3.8, 4) is 0 Å². The number of hydrogen-bond acceptors (Lipinski definition) is 1. The van der Waals surface area contributed by atoms with Gasteiger partial charge in [-0.2, -0.15) is 0 Å². The van der Waals surface area contributed by atoms with Crippen molar-refractivity contribution < 1.29 is 0 Å². The van der Waals surface area contributed by atoms with Gasteiger partial charge in [-0.05, 0) is 50.7 Å². The van der Waals surface area contributed by atoms with Crippen molar-refractivity contribution in [3.63, 3.8) is 0 Å². The van der Waals surface area contributed by atoms with Gasteiger partial charge in [0.15, 0.2) is 4.77 Å². The molecule has 2 rings (SSSR count). The minimum Gasteiger partial charge on any atom is -0.337 e. The lowest BCUT2D eigenvalue weighted by Crippen LogP contribution is -2.30. The van der Waals surface area contributed by atoms with Crippen LogP contribution in [0.5, 0.6) is 0 Å². The Hall–Kier alpha value is -0.570. The van der Waals surface area contributed by atoms with Crippen molar-refractivity contribution in [2.45, 2.75) is 52.0 Å². The van der Waals surface area contributed by atoms with Crippen molar-refractivity contribution in [2.75, 3.05) is 0 Å². The molecule has 0 aromatic carbocycles. The molecule has 1 aliphatic carbocycles. The second-order valence-electron chi connectivity index (χ2n) is 5.44. The first-order valence-corrected chi connectivity index (χ1v) is 6.16. The molecule has 1 aliphatic rings. The molecular formula is C12H20N2S. The first-order chi connectivity index (χ1) is 6.94. The quantitative estimate of drug-likeness (QED) is 0.774. The van der Waals surface area contributed by atoms with Crippen LogP contribution in [0.1, 0.15) is 52.1 Å². The van der Waals surface area contributed by atoms with Gasteiger partial charge in [-0.25, -0.2) is 0 Å². The van der Waals surface area contributed by atoms with Crippen molar-refractivity contribution in [1.29, 1.82) is 0 Å². The van der Waals surface area contributed by atoms with Gasteiger partial charge in [-0.3, -0.25) is 0 Å². The van der Waals surface area contributed by atoms with Gasteiger partial charge in [0.2, 0.25) is 0 Å². The summed E-state index contributed by atoms with van der Waals surface area (Å²) in [4.78, 5) is 3.19. The van der Waals surface area contributed by atoms with E-state index in [1.165, 1.54) is 18.5 Å². The molecule has 0 spiro atoms. The minimum atomic E-state index is 0.177. The Morgan fingerprint density at radius 2 is 2.07 bits per heavy atom. The van der Waals surface area contributed by atoms with Crippen LogP contribution in [-0.2, 0) is 5.54 Å². The molecule has 1 aromatic rings. The minimum absolute atomic E-state index is 0.177. The SMILES string of the molecule is CC(C)c1c[nH]c(=S)n1C(C)(C)C1CC1. The maximum Gasteiger partial charge on any atom is 0.177 e. The van der Waals surface area contributed by atoms with Crippen LogP contribution in [0, 0.1) is 10.7 Å². The molecule has 3 heteroatoms. The van der Waals surface area contributed by atoms with E-state index in [-0.39, 0.29) is 5.54 Å². The predicted octanol–water partition coefficient (Wildman–Crippen LogP) is 3.81. The van der Waals surface area contributed by atoms with Gasteiger partial charge in [0.1, 0.15) is 0 Å². The summed E-state index contributed by atoms with van der Waals surface area (Å²) >= 11 is 5.39. The van der Waals surface area contributed by atoms with Crippen LogP contribution in [0.2, 0.25) is 0 Å². The molecular weight excluding hydrogens is 204 g/mol. The number of nitrogens with zero attached hydrogens (tertiary/aromatic N) is 1. The third-order valence-electron chi connectivity index (χ3n) is 3.55. The molecule has 0 bridgehead atoms. The van der Waals surface area contributed by atoms with Crippen LogP contribution in [0.15, 0.2) is 6.20 Å². The summed E-state index contributed by atoms with van der Waals surface area (Å²) in [7, 11) is 0. The summed E-state index contributed by atoms with van der Waals surface area (Å²) in [6.45, 7) is 9.05. The number of aromatic amines is 1. The Bertz CT molecular complexity index is 408. The molecule has 84 valence electrons. The summed E-state index contributed by atoms with van der Waals surface area (Å²) in [6.07, 6.45) is 4.76. The fourth-order valence-electron chi connectivity index (χ4n) is 2.37. The molecule has 0 atom stereocenters. The number of H-pyrrole nitrogens is 1. The molecule has 1 aromatic heterocycles. The zero-order valence-corrected chi connectivity index (χ0v) is 10.8. The largest absolute Gasteiger partial charge is 0.337 e. The van der Waals surface area contributed by atoms with Crippen LogP contribution in [0.4, 0.5) is 0 Å². The topological polar surface area (TPSA) is 20.7 Å². The normalized spacial score (nSPS) is 17.4. The van der Waals surface area contributed by atoms with E-state index in [2.05, 4.69) is 43.4 Å². The van der Waals surface area contributed by atoms with Gasteiger partial charge in [0, 0.05) is 17.4 Å². The zero-order valence-electron chi connectivity index (χ0n) is 10.0. The van der Waals surface area contributed by atoms with Crippen molar-refractivity contribution >= 4 is 12.2 Å². The second kappa shape index (κ2) is 3.48.